The van der Waals surface area contributed by atoms with Crippen LogP contribution < -0.4 is 0 Å². The van der Waals surface area contributed by atoms with Crippen LogP contribution in [0.2, 0.25) is 0 Å². The van der Waals surface area contributed by atoms with Crippen LogP contribution in [0.25, 0.3) is 0 Å². The molecule has 0 aliphatic heterocycles. The van der Waals surface area contributed by atoms with Crippen LogP contribution in [0.1, 0.15) is 39.5 Å². The molecule has 0 rings (SSSR count). The van der Waals surface area contributed by atoms with Gasteiger partial charge in [0.1, 0.15) is 0 Å². The van der Waals surface area contributed by atoms with Gasteiger partial charge in [0.15, 0.2) is 0 Å². The van der Waals surface area contributed by atoms with Gasteiger partial charge in [-0.25, -0.2) is 0 Å². The maximum atomic E-state index is 2.23. The van der Waals surface area contributed by atoms with E-state index in [1.165, 1.54) is 25.7 Å². The van der Waals surface area contributed by atoms with Crippen LogP contribution in [-0.4, -0.2) is 29.6 Å². The summed E-state index contributed by atoms with van der Waals surface area (Å²) in [5.41, 5.74) is 0. The maximum absolute atomic E-state index is 2.23. The monoisotopic (exact) mass is 136 g/mol. The van der Waals surface area contributed by atoms with E-state index < -0.39 is 0 Å². The van der Waals surface area contributed by atoms with Crippen molar-refractivity contribution in [3.63, 3.8) is 0 Å². The van der Waals surface area contributed by atoms with E-state index in [9.17, 15) is 0 Å². The van der Waals surface area contributed by atoms with Crippen molar-refractivity contribution < 1.29 is 0 Å². The number of allylic oxidation sites excluding steroid dienone is 2. The molecule has 0 unspecified atom stereocenters. The fourth-order valence-electron chi connectivity index (χ4n) is 0.679. The van der Waals surface area contributed by atoms with Gasteiger partial charge in [0.2, 0.25) is 0 Å². The van der Waals surface area contributed by atoms with Gasteiger partial charge in [-0.1, -0.05) is 31.9 Å². The average Bonchev–Trinajstić information content (AvgIpc) is 1.81. The van der Waals surface area contributed by atoms with Gasteiger partial charge in [0.25, 0.3) is 0 Å². The average molecular weight is 136 g/mol. The van der Waals surface area contributed by atoms with E-state index in [1.54, 1.807) is 0 Å². The van der Waals surface area contributed by atoms with Crippen molar-refractivity contribution in [2.75, 3.05) is 0 Å². The summed E-state index contributed by atoms with van der Waals surface area (Å²) in [5, 5.41) is 0. The zero-order chi connectivity index (χ0) is 6.24. The van der Waals surface area contributed by atoms with Gasteiger partial charge in [0, 0.05) is 0 Å². The van der Waals surface area contributed by atoms with Crippen molar-refractivity contribution in [3.05, 3.63) is 12.2 Å². The molecule has 0 amide bonds. The van der Waals surface area contributed by atoms with E-state index >= 15 is 0 Å². The summed E-state index contributed by atoms with van der Waals surface area (Å²) in [6, 6.07) is 0. The van der Waals surface area contributed by atoms with E-state index in [2.05, 4.69) is 26.0 Å². The molecule has 0 aromatic heterocycles. The standard InChI is InChI=1S/C8H16.Na.H/c1-3-5-7-8-6-4-2;;/h3,5H,4,6-8H2,1-2H3;;. The number of hydrogen-bond acceptors (Lipinski definition) is 0. The van der Waals surface area contributed by atoms with Crippen LogP contribution in [0, 0.1) is 0 Å². The van der Waals surface area contributed by atoms with Gasteiger partial charge < -0.3 is 0 Å². The molecule has 50 valence electrons. The molecule has 0 spiro atoms. The Balaban J connectivity index is 0. The molecule has 1 heteroatoms. The Bertz CT molecular complexity index is 57.6. The van der Waals surface area contributed by atoms with Crippen molar-refractivity contribution in [2.24, 2.45) is 0 Å². The molecule has 0 aliphatic carbocycles. The van der Waals surface area contributed by atoms with E-state index in [0.29, 0.717) is 0 Å². The molecule has 0 heterocycles. The van der Waals surface area contributed by atoms with Crippen molar-refractivity contribution >= 4 is 29.6 Å². The predicted molar refractivity (Wildman–Crippen MR) is 46.1 cm³/mol. The van der Waals surface area contributed by atoms with Crippen LogP contribution in [0.4, 0.5) is 0 Å². The minimum absolute atomic E-state index is 0. The first kappa shape index (κ1) is 12.4. The summed E-state index contributed by atoms with van der Waals surface area (Å²) in [7, 11) is 0. The van der Waals surface area contributed by atoms with Crippen LogP contribution in [0.3, 0.4) is 0 Å². The molecule has 0 aromatic carbocycles. The molecule has 0 bridgehead atoms. The van der Waals surface area contributed by atoms with E-state index in [4.69, 9.17) is 0 Å². The molecule has 0 aliphatic rings. The molecule has 0 saturated heterocycles. The fourth-order valence-corrected chi connectivity index (χ4v) is 0.679. The quantitative estimate of drug-likeness (QED) is 0.316. The van der Waals surface area contributed by atoms with Gasteiger partial charge in [-0.15, -0.1) is 0 Å². The van der Waals surface area contributed by atoms with Crippen molar-refractivity contribution in [3.8, 4) is 0 Å². The topological polar surface area (TPSA) is 0 Å². The van der Waals surface area contributed by atoms with E-state index in [0.717, 1.165) is 0 Å². The van der Waals surface area contributed by atoms with Crippen molar-refractivity contribution in [2.45, 2.75) is 39.5 Å². The molecule has 0 nitrogen and oxygen atoms in total. The third kappa shape index (κ3) is 12.1. The van der Waals surface area contributed by atoms with Crippen molar-refractivity contribution in [1.82, 2.24) is 0 Å². The summed E-state index contributed by atoms with van der Waals surface area (Å²) in [6.07, 6.45) is 9.69. The molecule has 0 radical (unpaired) electrons. The number of rotatable bonds is 4. The molecule has 0 fully saturated rings. The Kier molecular flexibility index (Phi) is 15.9. The zero-order valence-electron chi connectivity index (χ0n) is 5.98. The molecule has 0 aromatic rings. The van der Waals surface area contributed by atoms with Crippen LogP contribution in [0.15, 0.2) is 12.2 Å². The van der Waals surface area contributed by atoms with Crippen molar-refractivity contribution in [1.29, 1.82) is 0 Å². The number of unbranched alkanes of at least 4 members (excludes halogenated alkanes) is 3. The Hall–Kier alpha value is 0.740. The molecule has 0 N–H and O–H groups in total. The second-order valence-electron chi connectivity index (χ2n) is 2.06. The molecule has 0 atom stereocenters. The Morgan fingerprint density at radius 1 is 1.22 bits per heavy atom. The normalized spacial score (nSPS) is 9.56. The third-order valence-electron chi connectivity index (χ3n) is 1.21. The van der Waals surface area contributed by atoms with Gasteiger partial charge >= 0.3 is 29.6 Å². The van der Waals surface area contributed by atoms with Gasteiger partial charge in [0.05, 0.1) is 0 Å². The molecule has 0 saturated carbocycles. The molecular weight excluding hydrogens is 119 g/mol. The zero-order valence-corrected chi connectivity index (χ0v) is 5.98. The summed E-state index contributed by atoms with van der Waals surface area (Å²) < 4.78 is 0. The predicted octanol–water partition coefficient (Wildman–Crippen LogP) is 2.49. The Morgan fingerprint density at radius 3 is 2.33 bits per heavy atom. The van der Waals surface area contributed by atoms with Gasteiger partial charge in [-0.3, -0.25) is 0 Å². The van der Waals surface area contributed by atoms with E-state index in [-0.39, 0.29) is 29.6 Å². The van der Waals surface area contributed by atoms with Gasteiger partial charge in [-0.05, 0) is 19.8 Å². The summed E-state index contributed by atoms with van der Waals surface area (Å²) >= 11 is 0. The van der Waals surface area contributed by atoms with Crippen LogP contribution in [-0.2, 0) is 0 Å². The van der Waals surface area contributed by atoms with Crippen LogP contribution in [0.5, 0.6) is 0 Å². The Morgan fingerprint density at radius 2 is 1.89 bits per heavy atom. The second kappa shape index (κ2) is 11.5. The second-order valence-corrected chi connectivity index (χ2v) is 2.06. The third-order valence-corrected chi connectivity index (χ3v) is 1.21. The van der Waals surface area contributed by atoms with E-state index in [1.807, 2.05) is 0 Å². The first-order chi connectivity index (χ1) is 3.91. The fraction of sp³-hybridized carbons (Fsp3) is 0.750. The summed E-state index contributed by atoms with van der Waals surface area (Å²) in [5.74, 6) is 0. The summed E-state index contributed by atoms with van der Waals surface area (Å²) in [4.78, 5) is 0. The number of hydrogen-bond donors (Lipinski definition) is 0. The van der Waals surface area contributed by atoms with Gasteiger partial charge in [-0.2, -0.15) is 0 Å². The first-order valence-electron chi connectivity index (χ1n) is 3.53. The van der Waals surface area contributed by atoms with Crippen LogP contribution >= 0.6 is 0 Å². The molecular formula is C8H17Na. The Labute approximate surface area is 81.0 Å². The SMILES string of the molecule is CC=CCCCCC.[NaH]. The summed E-state index contributed by atoms with van der Waals surface area (Å²) in [6.45, 7) is 4.31. The first-order valence-corrected chi connectivity index (χ1v) is 3.53. The molecule has 9 heavy (non-hydrogen) atoms. The minimum atomic E-state index is 0.